The molecule has 1 N–H and O–H groups in total. The fraction of sp³-hybridized carbons (Fsp3) is 0.521. The van der Waals surface area contributed by atoms with Gasteiger partial charge in [0.2, 0.25) is 0 Å². The molecule has 446 valence electrons. The lowest BCUT2D eigenvalue weighted by atomic mass is 9.35. The van der Waals surface area contributed by atoms with Gasteiger partial charge in [0.15, 0.2) is 24.6 Å². The SMILES string of the molecule is CC(C)(O)[C@H]1CC[C@@](C)([C@H]2CC[C@]3(C)[C@@H]2[C@H](OCc2ccccc2)C[C@@H]2[C@@]4(C)CC[C@H](O[C@@H]5O[C@H](COC(=O)c6ccccc6)[C@@H](OC(=O)c6ccccc6)[C@H](OC(=O)c6ccccc6)[C@H]5OC(=O)c5ccccc5)C(C)(C)[C@H]4CC[C@]23C)O1. The highest BCUT2D eigenvalue weighted by Crippen LogP contribution is 2.76. The van der Waals surface area contributed by atoms with E-state index in [0.29, 0.717) is 13.0 Å². The molecule has 0 unspecified atom stereocenters. The topological polar surface area (TPSA) is 162 Å². The number of fused-ring (bicyclic) bond motifs is 5. The van der Waals surface area contributed by atoms with Crippen LogP contribution in [0.3, 0.4) is 0 Å². The first-order valence-electron chi connectivity index (χ1n) is 30.5. The van der Waals surface area contributed by atoms with Crippen LogP contribution in [-0.4, -0.2) is 95.8 Å². The molecule has 2 aliphatic heterocycles. The van der Waals surface area contributed by atoms with Crippen LogP contribution in [0, 0.1) is 45.3 Å². The molecule has 0 aromatic heterocycles. The summed E-state index contributed by atoms with van der Waals surface area (Å²) < 4.78 is 54.1. The lowest BCUT2D eigenvalue weighted by Gasteiger charge is -2.71. The summed E-state index contributed by atoms with van der Waals surface area (Å²) in [4.78, 5) is 57.1. The Morgan fingerprint density at radius 1 is 0.560 bits per heavy atom. The Hall–Kier alpha value is -6.22. The summed E-state index contributed by atoms with van der Waals surface area (Å²) in [5.74, 6) is -2.01. The van der Waals surface area contributed by atoms with E-state index in [4.69, 9.17) is 37.9 Å². The maximum Gasteiger partial charge on any atom is 0.338 e. The van der Waals surface area contributed by atoms with Gasteiger partial charge in [0.25, 0.3) is 0 Å². The molecule has 2 heterocycles. The third-order valence-corrected chi connectivity index (χ3v) is 21.5. The summed E-state index contributed by atoms with van der Waals surface area (Å²) in [5, 5.41) is 11.2. The van der Waals surface area contributed by atoms with E-state index in [-0.39, 0.29) is 74.4 Å². The maximum atomic E-state index is 14.5. The molecule has 0 bridgehead atoms. The first kappa shape index (κ1) is 59.5. The third kappa shape index (κ3) is 11.3. The van der Waals surface area contributed by atoms with Crippen molar-refractivity contribution in [3.8, 4) is 0 Å². The van der Waals surface area contributed by atoms with E-state index >= 15 is 0 Å². The molecule has 0 radical (unpaired) electrons. The molecule has 11 rings (SSSR count). The van der Waals surface area contributed by atoms with Gasteiger partial charge in [-0.25, -0.2) is 19.2 Å². The number of hydrogen-bond acceptors (Lipinski definition) is 13. The standard InChI is InChI=1S/C71H84O13/c1-66(2)53-35-40-69(6)54(42-51(77-43-45-24-14-9-15-25-45)57-50(34-39-70(57,69)7)71(8)41-37-56(84-71)67(3,4)76)68(53,5)38-36-55(66)80-65-60(83-64(75)49-32-22-13-23-33-49)59(82-63(74)48-30-20-12-21-31-48)58(81-62(73)47-28-18-11-19-29-47)52(79-65)44-78-61(72)46-26-16-10-17-27-46/h9-33,50-60,65,76H,34-44H2,1-8H3/t50-,51+,52+,53+,54+,55-,56+,57-,58+,59-,60+,65-,68-,69+,70+,71-/m0/s1. The number of hydrogen-bond donors (Lipinski definition) is 1. The molecule has 6 aliphatic rings. The minimum Gasteiger partial charge on any atom is -0.459 e. The van der Waals surface area contributed by atoms with Crippen molar-refractivity contribution < 1.29 is 62.2 Å². The predicted molar refractivity (Wildman–Crippen MR) is 315 cm³/mol. The summed E-state index contributed by atoms with van der Waals surface area (Å²) in [6.45, 7) is 18.3. The smallest absolute Gasteiger partial charge is 0.338 e. The molecular formula is C71H84O13. The Labute approximate surface area is 495 Å². The zero-order chi connectivity index (χ0) is 59.2. The Balaban J connectivity index is 0.939. The molecule has 13 nitrogen and oxygen atoms in total. The van der Waals surface area contributed by atoms with Crippen molar-refractivity contribution in [2.24, 2.45) is 45.3 Å². The zero-order valence-corrected chi connectivity index (χ0v) is 50.0. The zero-order valence-electron chi connectivity index (χ0n) is 50.0. The number of benzene rings is 5. The normalized spacial score (nSPS) is 35.1. The largest absolute Gasteiger partial charge is 0.459 e. The van der Waals surface area contributed by atoms with Gasteiger partial charge in [-0.05, 0) is 178 Å². The predicted octanol–water partition coefficient (Wildman–Crippen LogP) is 13.2. The molecule has 5 aromatic carbocycles. The van der Waals surface area contributed by atoms with E-state index in [1.807, 2.05) is 19.9 Å². The quantitative estimate of drug-likeness (QED) is 0.0565. The highest BCUT2D eigenvalue weighted by atomic mass is 16.7. The monoisotopic (exact) mass is 1140 g/mol. The van der Waals surface area contributed by atoms with Gasteiger partial charge < -0.3 is 43.0 Å². The third-order valence-electron chi connectivity index (χ3n) is 21.5. The number of carbonyl (C=O) groups is 4. The lowest BCUT2D eigenvalue weighted by molar-refractivity contribution is -0.330. The number of ether oxygens (including phenoxy) is 8. The summed E-state index contributed by atoms with van der Waals surface area (Å²) in [7, 11) is 0. The Morgan fingerprint density at radius 3 is 1.60 bits per heavy atom. The highest BCUT2D eigenvalue weighted by Gasteiger charge is 2.73. The van der Waals surface area contributed by atoms with Gasteiger partial charge in [0.1, 0.15) is 12.7 Å². The van der Waals surface area contributed by atoms with Crippen molar-refractivity contribution in [3.05, 3.63) is 179 Å². The summed E-state index contributed by atoms with van der Waals surface area (Å²) in [5.41, 5.74) is -0.0727. The molecular weight excluding hydrogens is 1060 g/mol. The molecule has 16 atom stereocenters. The van der Waals surface area contributed by atoms with E-state index in [0.717, 1.165) is 56.9 Å². The number of carbonyl (C=O) groups excluding carboxylic acids is 4. The Bertz CT molecular complexity index is 3100. The molecule has 13 heteroatoms. The van der Waals surface area contributed by atoms with Crippen molar-refractivity contribution in [2.45, 2.75) is 180 Å². The van der Waals surface area contributed by atoms with Crippen LogP contribution in [0.15, 0.2) is 152 Å². The summed E-state index contributed by atoms with van der Waals surface area (Å²) in [6, 6.07) is 44.3. The first-order valence-corrected chi connectivity index (χ1v) is 30.5. The second kappa shape index (κ2) is 23.6. The first-order chi connectivity index (χ1) is 40.1. The summed E-state index contributed by atoms with van der Waals surface area (Å²) in [6.07, 6.45) is 0.0633. The van der Waals surface area contributed by atoms with Crippen molar-refractivity contribution in [1.82, 2.24) is 0 Å². The van der Waals surface area contributed by atoms with Crippen LogP contribution in [0.2, 0.25) is 0 Å². The average Bonchev–Trinajstić information content (AvgIpc) is 1.49. The van der Waals surface area contributed by atoms with E-state index in [9.17, 15) is 24.3 Å². The van der Waals surface area contributed by atoms with Crippen molar-refractivity contribution in [2.75, 3.05) is 6.61 Å². The van der Waals surface area contributed by atoms with E-state index in [2.05, 4.69) is 65.8 Å². The van der Waals surface area contributed by atoms with Crippen molar-refractivity contribution in [3.63, 3.8) is 0 Å². The van der Waals surface area contributed by atoms with E-state index < -0.39 is 83.9 Å². The average molecular weight is 1150 g/mol. The summed E-state index contributed by atoms with van der Waals surface area (Å²) >= 11 is 0. The lowest BCUT2D eigenvalue weighted by Crippen LogP contribution is -2.68. The van der Waals surface area contributed by atoms with Gasteiger partial charge in [-0.1, -0.05) is 138 Å². The highest BCUT2D eigenvalue weighted by molar-refractivity contribution is 5.91. The van der Waals surface area contributed by atoms with Gasteiger partial charge in [-0.3, -0.25) is 0 Å². The minimum absolute atomic E-state index is 0.0434. The molecule has 0 spiro atoms. The minimum atomic E-state index is -1.54. The van der Waals surface area contributed by atoms with Gasteiger partial charge in [-0.15, -0.1) is 0 Å². The van der Waals surface area contributed by atoms with E-state index in [1.165, 1.54) is 0 Å². The molecule has 6 fully saturated rings. The van der Waals surface area contributed by atoms with Gasteiger partial charge >= 0.3 is 23.9 Å². The van der Waals surface area contributed by atoms with Crippen LogP contribution in [0.5, 0.6) is 0 Å². The van der Waals surface area contributed by atoms with Gasteiger partial charge in [0, 0.05) is 0 Å². The van der Waals surface area contributed by atoms with Crippen molar-refractivity contribution >= 4 is 23.9 Å². The number of rotatable bonds is 16. The van der Waals surface area contributed by atoms with Crippen LogP contribution in [0.1, 0.15) is 160 Å². The second-order valence-corrected chi connectivity index (χ2v) is 27.0. The fourth-order valence-corrected chi connectivity index (χ4v) is 17.0. The van der Waals surface area contributed by atoms with Crippen LogP contribution in [0.25, 0.3) is 0 Å². The van der Waals surface area contributed by atoms with Gasteiger partial charge in [-0.2, -0.15) is 0 Å². The molecule has 84 heavy (non-hydrogen) atoms. The second-order valence-electron chi connectivity index (χ2n) is 27.0. The molecule has 5 aromatic rings. The molecule has 4 saturated carbocycles. The van der Waals surface area contributed by atoms with Crippen molar-refractivity contribution in [1.29, 1.82) is 0 Å². The van der Waals surface area contributed by atoms with Crippen LogP contribution in [-0.2, 0) is 44.5 Å². The van der Waals surface area contributed by atoms with E-state index in [1.54, 1.807) is 121 Å². The fourth-order valence-electron chi connectivity index (χ4n) is 17.0. The maximum absolute atomic E-state index is 14.5. The Kier molecular flexibility index (Phi) is 16.7. The number of aliphatic hydroxyl groups is 1. The Morgan fingerprint density at radius 2 is 1.06 bits per heavy atom. The molecule has 0 amide bonds. The number of esters is 4. The van der Waals surface area contributed by atoms with Gasteiger partial charge in [0.05, 0.1) is 58.4 Å². The van der Waals surface area contributed by atoms with Crippen LogP contribution in [0.4, 0.5) is 0 Å². The van der Waals surface area contributed by atoms with Crippen LogP contribution >= 0.6 is 0 Å². The molecule has 4 aliphatic carbocycles. The molecule has 2 saturated heterocycles. The van der Waals surface area contributed by atoms with Crippen LogP contribution < -0.4 is 0 Å².